The van der Waals surface area contributed by atoms with Crippen molar-refractivity contribution in [2.45, 2.75) is 38.8 Å². The van der Waals surface area contributed by atoms with Crippen LogP contribution in [0.2, 0.25) is 0 Å². The number of methoxy groups -OCH3 is 1. The maximum absolute atomic E-state index is 5.64. The van der Waals surface area contributed by atoms with Crippen LogP contribution in [0.4, 0.5) is 0 Å². The molecule has 7 nitrogen and oxygen atoms in total. The monoisotopic (exact) mass is 384 g/mol. The molecule has 0 spiro atoms. The van der Waals surface area contributed by atoms with E-state index in [2.05, 4.69) is 56.9 Å². The number of ether oxygens (including phenoxy) is 1. The molecular weight excluding hydrogens is 360 g/mol. The summed E-state index contributed by atoms with van der Waals surface area (Å²) in [4.78, 5) is 2.25. The van der Waals surface area contributed by atoms with Crippen molar-refractivity contribution in [3.8, 4) is 0 Å². The first-order chi connectivity index (χ1) is 13.2. The maximum Gasteiger partial charge on any atom is 0.184 e. The highest BCUT2D eigenvalue weighted by molar-refractivity contribution is 7.80. The molecule has 3 aromatic rings. The predicted molar refractivity (Wildman–Crippen MR) is 109 cm³/mol. The number of rotatable bonds is 7. The van der Waals surface area contributed by atoms with Crippen molar-refractivity contribution in [3.05, 3.63) is 35.4 Å². The normalized spacial score (nSPS) is 14.0. The number of hydrogen-bond acceptors (Lipinski definition) is 5. The Morgan fingerprint density at radius 1 is 1.37 bits per heavy atom. The van der Waals surface area contributed by atoms with Crippen LogP contribution in [0.3, 0.4) is 0 Å². The number of fused-ring (bicyclic) bond motifs is 3. The lowest BCUT2D eigenvalue weighted by Gasteiger charge is -2.26. The van der Waals surface area contributed by atoms with Gasteiger partial charge in [-0.3, -0.25) is 0 Å². The van der Waals surface area contributed by atoms with E-state index >= 15 is 0 Å². The molecular formula is C19H24N6OS. The van der Waals surface area contributed by atoms with Crippen molar-refractivity contribution in [2.24, 2.45) is 0 Å². The van der Waals surface area contributed by atoms with E-state index in [4.69, 9.17) is 17.0 Å². The van der Waals surface area contributed by atoms with E-state index in [1.807, 2.05) is 4.52 Å². The molecule has 0 bridgehead atoms. The molecule has 27 heavy (non-hydrogen) atoms. The summed E-state index contributed by atoms with van der Waals surface area (Å²) in [5.41, 5.74) is 4.20. The van der Waals surface area contributed by atoms with Gasteiger partial charge < -0.3 is 15.0 Å². The third-order valence-electron chi connectivity index (χ3n) is 4.99. The zero-order valence-electron chi connectivity index (χ0n) is 15.7. The fraction of sp³-hybridized carbons (Fsp3) is 0.474. The molecule has 1 aliphatic rings. The molecule has 0 radical (unpaired) electrons. The Bertz CT molecular complexity index is 967. The Hall–Kier alpha value is -2.32. The van der Waals surface area contributed by atoms with Crippen molar-refractivity contribution in [1.29, 1.82) is 0 Å². The maximum atomic E-state index is 5.64. The Kier molecular flexibility index (Phi) is 5.18. The van der Waals surface area contributed by atoms with E-state index in [0.29, 0.717) is 25.7 Å². The highest BCUT2D eigenvalue weighted by atomic mass is 32.1. The molecule has 0 aliphatic heterocycles. The van der Waals surface area contributed by atoms with Crippen LogP contribution >= 0.6 is 12.2 Å². The molecule has 2 heterocycles. The Morgan fingerprint density at radius 3 is 2.96 bits per heavy atom. The van der Waals surface area contributed by atoms with Gasteiger partial charge in [-0.15, -0.1) is 5.10 Å². The average Bonchev–Trinajstić information content (AvgIpc) is 3.40. The molecule has 1 N–H and O–H groups in total. The summed E-state index contributed by atoms with van der Waals surface area (Å²) in [6.45, 7) is 4.20. The molecule has 1 aromatic carbocycles. The number of thiocarbonyl (C=S) groups is 1. The lowest BCUT2D eigenvalue weighted by molar-refractivity contribution is 0.202. The van der Waals surface area contributed by atoms with Crippen LogP contribution in [0.25, 0.3) is 16.6 Å². The predicted octanol–water partition coefficient (Wildman–Crippen LogP) is 2.33. The van der Waals surface area contributed by atoms with E-state index in [-0.39, 0.29) is 0 Å². The fourth-order valence-electron chi connectivity index (χ4n) is 3.35. The van der Waals surface area contributed by atoms with Gasteiger partial charge in [-0.2, -0.15) is 4.52 Å². The van der Waals surface area contributed by atoms with Gasteiger partial charge >= 0.3 is 0 Å². The lowest BCUT2D eigenvalue weighted by Crippen LogP contribution is -2.42. The van der Waals surface area contributed by atoms with Gasteiger partial charge in [0.2, 0.25) is 0 Å². The van der Waals surface area contributed by atoms with Crippen LogP contribution in [-0.2, 0) is 17.7 Å². The average molecular weight is 385 g/mol. The molecule has 1 saturated carbocycles. The molecule has 0 saturated heterocycles. The van der Waals surface area contributed by atoms with Crippen LogP contribution in [0.5, 0.6) is 0 Å². The molecule has 0 amide bonds. The van der Waals surface area contributed by atoms with E-state index in [1.165, 1.54) is 18.4 Å². The highest BCUT2D eigenvalue weighted by Gasteiger charge is 2.31. The zero-order chi connectivity index (χ0) is 18.8. The number of pyridine rings is 1. The number of hydrogen-bond donors (Lipinski definition) is 1. The Balaban J connectivity index is 1.68. The zero-order valence-corrected chi connectivity index (χ0v) is 16.5. The Morgan fingerprint density at radius 2 is 2.22 bits per heavy atom. The molecule has 0 atom stereocenters. The summed E-state index contributed by atoms with van der Waals surface area (Å²) < 4.78 is 6.94. The first-order valence-electron chi connectivity index (χ1n) is 9.37. The first-order valence-corrected chi connectivity index (χ1v) is 9.78. The molecule has 1 fully saturated rings. The third-order valence-corrected chi connectivity index (χ3v) is 5.37. The van der Waals surface area contributed by atoms with Crippen LogP contribution < -0.4 is 5.32 Å². The van der Waals surface area contributed by atoms with Crippen molar-refractivity contribution < 1.29 is 4.74 Å². The van der Waals surface area contributed by atoms with Gasteiger partial charge in [-0.25, -0.2) is 0 Å². The number of tetrazole rings is 1. The lowest BCUT2D eigenvalue weighted by atomic mass is 10.1. The summed E-state index contributed by atoms with van der Waals surface area (Å²) in [6, 6.07) is 9.14. The fourth-order valence-corrected chi connectivity index (χ4v) is 3.66. The number of aromatic nitrogens is 4. The van der Waals surface area contributed by atoms with Crippen LogP contribution in [0, 0.1) is 0 Å². The van der Waals surface area contributed by atoms with Crippen molar-refractivity contribution in [3.63, 3.8) is 0 Å². The minimum absolute atomic E-state index is 0.487. The number of nitrogens with one attached hydrogen (secondary N) is 1. The van der Waals surface area contributed by atoms with Crippen LogP contribution in [0.15, 0.2) is 24.3 Å². The second-order valence-electron chi connectivity index (χ2n) is 6.91. The van der Waals surface area contributed by atoms with Gasteiger partial charge in [-0.1, -0.05) is 13.0 Å². The number of benzene rings is 1. The van der Waals surface area contributed by atoms with E-state index in [1.54, 1.807) is 7.11 Å². The number of aryl methyl sites for hydroxylation is 1. The minimum atomic E-state index is 0.487. The highest BCUT2D eigenvalue weighted by Crippen LogP contribution is 2.30. The largest absolute Gasteiger partial charge is 0.383 e. The van der Waals surface area contributed by atoms with Gasteiger partial charge in [0.1, 0.15) is 0 Å². The molecule has 0 unspecified atom stereocenters. The summed E-state index contributed by atoms with van der Waals surface area (Å²) in [6.07, 6.45) is 3.34. The minimum Gasteiger partial charge on any atom is -0.383 e. The van der Waals surface area contributed by atoms with Crippen LogP contribution in [0.1, 0.15) is 30.9 Å². The SMILES string of the molecule is CCc1ccc2c(c1)cc(CN(C(=S)NCCOC)C1CC1)c1nnnn12. The third kappa shape index (κ3) is 3.72. The summed E-state index contributed by atoms with van der Waals surface area (Å²) in [5.74, 6) is 0. The standard InChI is InChI=1S/C19H24N6OS/c1-3-13-4-7-17-14(10-13)11-15(18-21-22-23-25(17)18)12-24(16-5-6-16)19(27)20-8-9-26-2/h4,7,10-11,16H,3,5-6,8-9,12H2,1-2H3,(H,20,27). The van der Waals surface area contributed by atoms with E-state index < -0.39 is 0 Å². The van der Waals surface area contributed by atoms with Gasteiger partial charge in [0, 0.05) is 37.2 Å². The van der Waals surface area contributed by atoms with Crippen molar-refractivity contribution in [2.75, 3.05) is 20.3 Å². The quantitative estimate of drug-likeness (QED) is 0.495. The second kappa shape index (κ2) is 7.74. The van der Waals surface area contributed by atoms with Gasteiger partial charge in [-0.05, 0) is 65.7 Å². The first kappa shape index (κ1) is 18.1. The topological polar surface area (TPSA) is 67.6 Å². The van der Waals surface area contributed by atoms with E-state index in [0.717, 1.165) is 33.6 Å². The number of nitrogens with zero attached hydrogens (tertiary/aromatic N) is 5. The van der Waals surface area contributed by atoms with Crippen LogP contribution in [-0.4, -0.2) is 56.4 Å². The molecule has 4 rings (SSSR count). The molecule has 1 aliphatic carbocycles. The van der Waals surface area contributed by atoms with Gasteiger partial charge in [0.25, 0.3) is 0 Å². The Labute approximate surface area is 163 Å². The summed E-state index contributed by atoms with van der Waals surface area (Å²) in [5, 5.41) is 17.6. The van der Waals surface area contributed by atoms with E-state index in [9.17, 15) is 0 Å². The van der Waals surface area contributed by atoms with Gasteiger partial charge in [0.15, 0.2) is 10.8 Å². The van der Waals surface area contributed by atoms with Crippen molar-refractivity contribution >= 4 is 33.9 Å². The second-order valence-corrected chi connectivity index (χ2v) is 7.30. The molecule has 8 heteroatoms. The molecule has 2 aromatic heterocycles. The summed E-state index contributed by atoms with van der Waals surface area (Å²) in [7, 11) is 1.69. The van der Waals surface area contributed by atoms with Crippen molar-refractivity contribution in [1.82, 2.24) is 30.3 Å². The smallest absolute Gasteiger partial charge is 0.184 e. The summed E-state index contributed by atoms with van der Waals surface area (Å²) >= 11 is 5.64. The molecule has 142 valence electrons. The van der Waals surface area contributed by atoms with Gasteiger partial charge in [0.05, 0.1) is 12.1 Å².